The first-order chi connectivity index (χ1) is 15.8. The third-order valence-electron chi connectivity index (χ3n) is 5.10. The molecule has 0 N–H and O–H groups in total. The Balaban J connectivity index is 1.98. The maximum Gasteiger partial charge on any atom is 0.378 e. The molecule has 10 heteroatoms. The normalized spacial score (nSPS) is 21.6. The maximum absolute atomic E-state index is 12.4. The van der Waals surface area contributed by atoms with Crippen LogP contribution in [0.2, 0.25) is 0 Å². The van der Waals surface area contributed by atoms with Crippen LogP contribution in [0.5, 0.6) is 0 Å². The lowest BCUT2D eigenvalue weighted by atomic mass is 10.2. The first-order valence-electron chi connectivity index (χ1n) is 11.6. The first kappa shape index (κ1) is 26.9. The molecule has 0 unspecified atom stereocenters. The molecule has 10 nitrogen and oxygen atoms in total. The summed E-state index contributed by atoms with van der Waals surface area (Å²) in [7, 11) is 0. The van der Waals surface area contributed by atoms with Gasteiger partial charge in [0.1, 0.15) is 6.10 Å². The van der Waals surface area contributed by atoms with E-state index in [4.69, 9.17) is 33.2 Å². The van der Waals surface area contributed by atoms with Crippen molar-refractivity contribution in [2.75, 3.05) is 20.2 Å². The van der Waals surface area contributed by atoms with Crippen LogP contribution < -0.4 is 0 Å². The second-order valence-electron chi connectivity index (χ2n) is 8.36. The van der Waals surface area contributed by atoms with Crippen molar-refractivity contribution in [2.24, 2.45) is 0 Å². The van der Waals surface area contributed by atoms with Gasteiger partial charge in [0.25, 0.3) is 0 Å². The summed E-state index contributed by atoms with van der Waals surface area (Å²) in [4.78, 5) is 36.1. The van der Waals surface area contributed by atoms with E-state index >= 15 is 0 Å². The lowest BCUT2D eigenvalue weighted by Crippen LogP contribution is -2.33. The number of unbranched alkanes of at least 4 members (excludes halogenated alkanes) is 4. The van der Waals surface area contributed by atoms with E-state index < -0.39 is 49.5 Å². The average Bonchev–Trinajstić information content (AvgIpc) is 3.27. The highest BCUT2D eigenvalue weighted by molar-refractivity contribution is 5.89. The number of carbonyl (C=O) groups is 3. The molecule has 0 amide bonds. The highest BCUT2D eigenvalue weighted by Gasteiger charge is 2.48. The molecule has 0 radical (unpaired) electrons. The van der Waals surface area contributed by atoms with Crippen LogP contribution in [0, 0.1) is 0 Å². The van der Waals surface area contributed by atoms with Crippen LogP contribution in [0.1, 0.15) is 79.1 Å². The van der Waals surface area contributed by atoms with Crippen LogP contribution in [0.3, 0.4) is 0 Å². The molecular weight excluding hydrogens is 436 g/mol. The smallest absolute Gasteiger partial charge is 0.378 e. The van der Waals surface area contributed by atoms with Crippen LogP contribution in [-0.2, 0) is 47.5 Å². The van der Waals surface area contributed by atoms with Gasteiger partial charge in [-0.1, -0.05) is 39.5 Å². The molecule has 0 spiro atoms. The molecule has 1 fully saturated rings. The summed E-state index contributed by atoms with van der Waals surface area (Å²) < 4.78 is 37.8. The Kier molecular flexibility index (Phi) is 10.9. The molecule has 0 aromatic heterocycles. The van der Waals surface area contributed by atoms with Gasteiger partial charge >= 0.3 is 17.9 Å². The number of carbonyl (C=O) groups excluding carboxylic acids is 3. The molecule has 0 aromatic carbocycles. The predicted octanol–water partition coefficient (Wildman–Crippen LogP) is 3.47. The molecule has 0 saturated carbocycles. The largest absolute Gasteiger partial charge is 0.453 e. The molecule has 0 aromatic rings. The van der Waals surface area contributed by atoms with Gasteiger partial charge in [-0.25, -0.2) is 4.79 Å². The number of rotatable bonds is 15. The Hall–Kier alpha value is -2.33. The van der Waals surface area contributed by atoms with Crippen LogP contribution in [-0.4, -0.2) is 56.1 Å². The lowest BCUT2D eigenvalue weighted by Gasteiger charge is -2.21. The number of esters is 3. The van der Waals surface area contributed by atoms with Crippen molar-refractivity contribution in [3.63, 3.8) is 0 Å². The first-order valence-corrected chi connectivity index (χ1v) is 11.6. The molecule has 188 valence electrons. The molecule has 2 rings (SSSR count). The second kappa shape index (κ2) is 13.4. The van der Waals surface area contributed by atoms with Crippen LogP contribution >= 0.6 is 0 Å². The minimum absolute atomic E-state index is 0.00897. The van der Waals surface area contributed by atoms with Crippen LogP contribution in [0.25, 0.3) is 0 Å². The Labute approximate surface area is 194 Å². The Morgan fingerprint density at radius 3 is 2.03 bits per heavy atom. The molecular formula is C23H36O10. The van der Waals surface area contributed by atoms with Crippen molar-refractivity contribution < 1.29 is 47.5 Å². The molecule has 33 heavy (non-hydrogen) atoms. The van der Waals surface area contributed by atoms with E-state index in [9.17, 15) is 14.4 Å². The summed E-state index contributed by atoms with van der Waals surface area (Å²) >= 11 is 0. The predicted molar refractivity (Wildman–Crippen MR) is 114 cm³/mol. The van der Waals surface area contributed by atoms with E-state index in [1.54, 1.807) is 13.8 Å². The molecule has 1 saturated heterocycles. The lowest BCUT2D eigenvalue weighted by molar-refractivity contribution is -0.167. The second-order valence-corrected chi connectivity index (χ2v) is 8.36. The van der Waals surface area contributed by atoms with Crippen LogP contribution in [0.15, 0.2) is 11.5 Å². The summed E-state index contributed by atoms with van der Waals surface area (Å²) in [6.07, 6.45) is 4.21. The highest BCUT2D eigenvalue weighted by atomic mass is 16.8. The van der Waals surface area contributed by atoms with Gasteiger partial charge in [0.15, 0.2) is 17.7 Å². The third-order valence-corrected chi connectivity index (χ3v) is 5.10. The fourth-order valence-electron chi connectivity index (χ4n) is 3.34. The van der Waals surface area contributed by atoms with E-state index in [0.29, 0.717) is 0 Å². The van der Waals surface area contributed by atoms with E-state index in [1.165, 1.54) is 0 Å². The summed E-state index contributed by atoms with van der Waals surface area (Å²) in [6.45, 7) is 6.82. The fourth-order valence-corrected chi connectivity index (χ4v) is 3.34. The molecule has 0 bridgehead atoms. The average molecular weight is 473 g/mol. The quantitative estimate of drug-likeness (QED) is 0.152. The number of hydrogen-bond acceptors (Lipinski definition) is 10. The standard InChI is InChI=1S/C23H36O10/c1-5-7-9-11-17(24)27-14-29-20-19(16-13-31-23(3,4)33-16)32-22(26)21(20)30-15-28-18(25)12-10-8-6-2/h16,19H,5-15H2,1-4H3/t16-,19+/m0/s1. The summed E-state index contributed by atoms with van der Waals surface area (Å²) in [5, 5.41) is 0. The van der Waals surface area contributed by atoms with Gasteiger partial charge in [-0.3, -0.25) is 9.59 Å². The van der Waals surface area contributed by atoms with Crippen molar-refractivity contribution in [2.45, 2.75) is 97.1 Å². The van der Waals surface area contributed by atoms with Crippen molar-refractivity contribution >= 4 is 17.9 Å². The summed E-state index contributed by atoms with van der Waals surface area (Å²) in [6, 6.07) is 0. The zero-order chi connectivity index (χ0) is 24.3. The number of hydrogen-bond donors (Lipinski definition) is 0. The van der Waals surface area contributed by atoms with E-state index in [2.05, 4.69) is 0 Å². The van der Waals surface area contributed by atoms with Gasteiger partial charge in [-0.15, -0.1) is 0 Å². The fraction of sp³-hybridized carbons (Fsp3) is 0.783. The van der Waals surface area contributed by atoms with Gasteiger partial charge in [0, 0.05) is 12.8 Å². The molecule has 2 aliphatic heterocycles. The third kappa shape index (κ3) is 8.85. The van der Waals surface area contributed by atoms with Gasteiger partial charge in [0.2, 0.25) is 19.3 Å². The zero-order valence-corrected chi connectivity index (χ0v) is 20.0. The summed E-state index contributed by atoms with van der Waals surface area (Å²) in [5.74, 6) is -2.72. The van der Waals surface area contributed by atoms with Gasteiger partial charge in [-0.2, -0.15) is 0 Å². The summed E-state index contributed by atoms with van der Waals surface area (Å²) in [5.41, 5.74) is 0. The van der Waals surface area contributed by atoms with E-state index in [0.717, 1.165) is 38.5 Å². The SMILES string of the molecule is CCCCCC(=O)OCOC1=C(OCOC(=O)CCCCC)[C@@H]([C@@H]2COC(C)(C)O2)OC1=O. The van der Waals surface area contributed by atoms with Crippen molar-refractivity contribution in [3.05, 3.63) is 11.5 Å². The molecule has 2 aliphatic rings. The van der Waals surface area contributed by atoms with Crippen molar-refractivity contribution in [3.8, 4) is 0 Å². The maximum atomic E-state index is 12.4. The van der Waals surface area contributed by atoms with Crippen LogP contribution in [0.4, 0.5) is 0 Å². The molecule has 2 atom stereocenters. The topological polar surface area (TPSA) is 116 Å². The Morgan fingerprint density at radius 1 is 0.939 bits per heavy atom. The monoisotopic (exact) mass is 472 g/mol. The van der Waals surface area contributed by atoms with Crippen molar-refractivity contribution in [1.82, 2.24) is 0 Å². The van der Waals surface area contributed by atoms with Gasteiger partial charge in [0.05, 0.1) is 6.61 Å². The molecule has 0 aliphatic carbocycles. The van der Waals surface area contributed by atoms with Gasteiger partial charge < -0.3 is 33.2 Å². The Bertz CT molecular complexity index is 699. The molecule has 2 heterocycles. The van der Waals surface area contributed by atoms with Gasteiger partial charge in [-0.05, 0) is 26.7 Å². The highest BCUT2D eigenvalue weighted by Crippen LogP contribution is 2.34. The van der Waals surface area contributed by atoms with Crippen molar-refractivity contribution in [1.29, 1.82) is 0 Å². The van der Waals surface area contributed by atoms with E-state index in [-0.39, 0.29) is 31.0 Å². The van der Waals surface area contributed by atoms with E-state index in [1.807, 2.05) is 13.8 Å². The zero-order valence-electron chi connectivity index (χ0n) is 20.0. The number of ether oxygens (including phenoxy) is 7. The number of cyclic esters (lactones) is 1. The Morgan fingerprint density at radius 2 is 1.52 bits per heavy atom. The minimum Gasteiger partial charge on any atom is -0.453 e. The minimum atomic E-state index is -0.951.